The van der Waals surface area contributed by atoms with Crippen LogP contribution in [0.1, 0.15) is 96.8 Å². The van der Waals surface area contributed by atoms with Crippen molar-refractivity contribution in [1.82, 2.24) is 4.90 Å². The molecule has 0 aliphatic carbocycles. The third kappa shape index (κ3) is 23.7. The second-order valence-electron chi connectivity index (χ2n) is 10.9. The number of phosphoric acid groups is 1. The van der Waals surface area contributed by atoms with Gasteiger partial charge in [-0.05, 0) is 6.42 Å². The van der Waals surface area contributed by atoms with Gasteiger partial charge in [0.25, 0.3) is 0 Å². The van der Waals surface area contributed by atoms with Gasteiger partial charge in [-0.25, -0.2) is 9.36 Å². The van der Waals surface area contributed by atoms with Gasteiger partial charge < -0.3 is 24.7 Å². The van der Waals surface area contributed by atoms with Crippen LogP contribution in [0, 0.1) is 0 Å². The van der Waals surface area contributed by atoms with Crippen molar-refractivity contribution in [2.45, 2.75) is 103 Å². The van der Waals surface area contributed by atoms with Gasteiger partial charge in [0.2, 0.25) is 0 Å². The van der Waals surface area contributed by atoms with Gasteiger partial charge in [0, 0.05) is 13.7 Å². The summed E-state index contributed by atoms with van der Waals surface area (Å²) in [6.07, 6.45) is 17.3. The third-order valence-electron chi connectivity index (χ3n) is 6.10. The van der Waals surface area contributed by atoms with Crippen molar-refractivity contribution in [3.63, 3.8) is 0 Å². The fourth-order valence-electron chi connectivity index (χ4n) is 3.77. The Kier molecular flexibility index (Phi) is 20.8. The van der Waals surface area contributed by atoms with E-state index in [1.54, 1.807) is 0 Å². The standard InChI is InChI=1S/C26H56N3O6P/c1-6-7-8-9-10-11-12-13-14-15-16-17-18-19-21-33-24-25(23-28(2)26(27)30)35-36(31,32)34-22-20-29(3,4)5/h25H,6-24H2,1-5H3,(H2-,27,30,31,32)/p+1. The summed E-state index contributed by atoms with van der Waals surface area (Å²) in [5.74, 6) is 0. The number of carbonyl (C=O) groups is 1. The maximum Gasteiger partial charge on any atom is 0.472 e. The Balaban J connectivity index is 4.00. The molecule has 2 unspecified atom stereocenters. The molecule has 0 heterocycles. The molecule has 0 aliphatic rings. The highest BCUT2D eigenvalue weighted by molar-refractivity contribution is 7.47. The number of rotatable bonds is 25. The first kappa shape index (κ1) is 35.3. The average molecular weight is 539 g/mol. The van der Waals surface area contributed by atoms with E-state index in [0.29, 0.717) is 17.6 Å². The maximum absolute atomic E-state index is 12.3. The van der Waals surface area contributed by atoms with Crippen LogP contribution >= 0.6 is 7.82 Å². The molecule has 2 atom stereocenters. The average Bonchev–Trinajstić information content (AvgIpc) is 2.77. The maximum atomic E-state index is 12.3. The number of phosphoric ester groups is 1. The van der Waals surface area contributed by atoms with Gasteiger partial charge in [-0.15, -0.1) is 0 Å². The van der Waals surface area contributed by atoms with Crippen LogP contribution in [0.15, 0.2) is 0 Å². The molecule has 0 aromatic carbocycles. The molecule has 2 amide bonds. The first-order chi connectivity index (χ1) is 17.0. The Bertz CT molecular complexity index is 589. The number of ether oxygens (including phenoxy) is 1. The van der Waals surface area contributed by atoms with Gasteiger partial charge in [-0.2, -0.15) is 0 Å². The van der Waals surface area contributed by atoms with Crippen LogP contribution < -0.4 is 5.73 Å². The molecule has 10 heteroatoms. The van der Waals surface area contributed by atoms with Gasteiger partial charge in [-0.1, -0.05) is 90.4 Å². The number of carbonyl (C=O) groups excluding carboxylic acids is 1. The predicted octanol–water partition coefficient (Wildman–Crippen LogP) is 5.70. The van der Waals surface area contributed by atoms with Crippen LogP contribution in [0.2, 0.25) is 0 Å². The van der Waals surface area contributed by atoms with Crippen molar-refractivity contribution < 1.29 is 32.5 Å². The topological polar surface area (TPSA) is 111 Å². The van der Waals surface area contributed by atoms with Crippen molar-refractivity contribution >= 4 is 13.9 Å². The van der Waals surface area contributed by atoms with Crippen LogP contribution in [-0.2, 0) is 18.3 Å². The Morgan fingerprint density at radius 1 is 0.889 bits per heavy atom. The Labute approximate surface area is 221 Å². The van der Waals surface area contributed by atoms with Crippen molar-refractivity contribution in [2.24, 2.45) is 5.73 Å². The molecule has 0 bridgehead atoms. The summed E-state index contributed by atoms with van der Waals surface area (Å²) in [6.45, 7) is 3.55. The lowest BCUT2D eigenvalue weighted by Gasteiger charge is -2.26. The van der Waals surface area contributed by atoms with E-state index < -0.39 is 20.0 Å². The number of hydrogen-bond donors (Lipinski definition) is 2. The first-order valence-corrected chi connectivity index (χ1v) is 15.5. The summed E-state index contributed by atoms with van der Waals surface area (Å²) in [4.78, 5) is 22.7. The predicted molar refractivity (Wildman–Crippen MR) is 147 cm³/mol. The van der Waals surface area contributed by atoms with Gasteiger partial charge in [0.1, 0.15) is 19.3 Å². The molecule has 0 saturated carbocycles. The number of likely N-dealkylation sites (N-methyl/N-ethyl adjacent to an activating group) is 2. The molecule has 36 heavy (non-hydrogen) atoms. The Morgan fingerprint density at radius 3 is 1.81 bits per heavy atom. The number of nitrogens with two attached hydrogens (primary N) is 1. The number of urea groups is 1. The van der Waals surface area contributed by atoms with Gasteiger partial charge in [-0.3, -0.25) is 9.05 Å². The molecule has 3 N–H and O–H groups in total. The molecule has 0 saturated heterocycles. The molecule has 0 spiro atoms. The first-order valence-electron chi connectivity index (χ1n) is 14.0. The lowest BCUT2D eigenvalue weighted by Crippen LogP contribution is -2.40. The molecular weight excluding hydrogens is 481 g/mol. The van der Waals surface area contributed by atoms with Crippen molar-refractivity contribution in [1.29, 1.82) is 0 Å². The number of primary amides is 1. The summed E-state index contributed by atoms with van der Waals surface area (Å²) >= 11 is 0. The van der Waals surface area contributed by atoms with Crippen molar-refractivity contribution in [3.05, 3.63) is 0 Å². The number of hydrogen-bond acceptors (Lipinski definition) is 5. The SMILES string of the molecule is CCCCCCCCCCCCCCCCOCC(CN(C)C(N)=O)OP(=O)(O)OCC[N+](C)(C)C. The zero-order valence-electron chi connectivity index (χ0n) is 23.9. The van der Waals surface area contributed by atoms with E-state index in [4.69, 9.17) is 19.5 Å². The lowest BCUT2D eigenvalue weighted by molar-refractivity contribution is -0.870. The number of amides is 2. The smallest absolute Gasteiger partial charge is 0.379 e. The van der Waals surface area contributed by atoms with E-state index in [1.807, 2.05) is 21.1 Å². The van der Waals surface area contributed by atoms with Gasteiger partial charge in [0.05, 0.1) is 34.3 Å². The van der Waals surface area contributed by atoms with E-state index in [2.05, 4.69) is 6.92 Å². The highest BCUT2D eigenvalue weighted by Crippen LogP contribution is 2.44. The van der Waals surface area contributed by atoms with E-state index in [-0.39, 0.29) is 19.8 Å². The quantitative estimate of drug-likeness (QED) is 0.0876. The summed E-state index contributed by atoms with van der Waals surface area (Å²) in [6, 6.07) is -0.644. The summed E-state index contributed by atoms with van der Waals surface area (Å²) in [5, 5.41) is 0. The van der Waals surface area contributed by atoms with Gasteiger partial charge >= 0.3 is 13.9 Å². The lowest BCUT2D eigenvalue weighted by atomic mass is 10.0. The number of nitrogens with zero attached hydrogens (tertiary/aromatic N) is 2. The normalized spacial score (nSPS) is 14.5. The minimum absolute atomic E-state index is 0.0390. The molecular formula is C26H57N3O6P+. The molecule has 0 radical (unpaired) electrons. The molecule has 0 aliphatic heterocycles. The largest absolute Gasteiger partial charge is 0.472 e. The highest BCUT2D eigenvalue weighted by Gasteiger charge is 2.29. The van der Waals surface area contributed by atoms with E-state index in [9.17, 15) is 14.3 Å². The minimum atomic E-state index is -4.28. The Hall–Kier alpha value is -0.700. The van der Waals surface area contributed by atoms with Crippen molar-refractivity contribution in [2.75, 3.05) is 61.1 Å². The van der Waals surface area contributed by atoms with Crippen LogP contribution in [0.25, 0.3) is 0 Å². The van der Waals surface area contributed by atoms with Crippen LogP contribution in [-0.4, -0.2) is 87.5 Å². The Morgan fingerprint density at radius 2 is 1.36 bits per heavy atom. The zero-order valence-corrected chi connectivity index (χ0v) is 24.8. The minimum Gasteiger partial charge on any atom is -0.379 e. The highest BCUT2D eigenvalue weighted by atomic mass is 31.2. The van der Waals surface area contributed by atoms with E-state index in [0.717, 1.165) is 12.8 Å². The summed E-state index contributed by atoms with van der Waals surface area (Å²) in [5.41, 5.74) is 5.29. The summed E-state index contributed by atoms with van der Waals surface area (Å²) in [7, 11) is 3.11. The monoisotopic (exact) mass is 538 g/mol. The number of unbranched alkanes of at least 4 members (excludes halogenated alkanes) is 13. The van der Waals surface area contributed by atoms with Crippen LogP contribution in [0.4, 0.5) is 4.79 Å². The molecule has 0 rings (SSSR count). The van der Waals surface area contributed by atoms with E-state index in [1.165, 1.54) is 89.0 Å². The van der Waals surface area contributed by atoms with Gasteiger partial charge in [0.15, 0.2) is 0 Å². The number of quaternary nitrogens is 1. The van der Waals surface area contributed by atoms with Crippen molar-refractivity contribution in [3.8, 4) is 0 Å². The van der Waals surface area contributed by atoms with Crippen LogP contribution in [0.5, 0.6) is 0 Å². The molecule has 0 fully saturated rings. The zero-order chi connectivity index (χ0) is 27.3. The second kappa shape index (κ2) is 21.3. The molecule has 0 aromatic heterocycles. The molecule has 0 aromatic rings. The fourth-order valence-corrected chi connectivity index (χ4v) is 4.65. The fraction of sp³-hybridized carbons (Fsp3) is 0.962. The third-order valence-corrected chi connectivity index (χ3v) is 7.17. The molecule has 9 nitrogen and oxygen atoms in total. The summed E-state index contributed by atoms with van der Waals surface area (Å²) < 4.78 is 29.0. The van der Waals surface area contributed by atoms with Crippen LogP contribution in [0.3, 0.4) is 0 Å². The second-order valence-corrected chi connectivity index (χ2v) is 12.3. The van der Waals surface area contributed by atoms with E-state index >= 15 is 0 Å². The molecule has 216 valence electrons.